The van der Waals surface area contributed by atoms with E-state index in [1.807, 2.05) is 49.2 Å². The Labute approximate surface area is 134 Å². The highest BCUT2D eigenvalue weighted by Gasteiger charge is 2.31. The molecule has 0 radical (unpaired) electrons. The van der Waals surface area contributed by atoms with E-state index in [4.69, 9.17) is 4.42 Å². The van der Waals surface area contributed by atoms with E-state index in [2.05, 4.69) is 5.32 Å². The number of furan rings is 1. The van der Waals surface area contributed by atoms with Crippen molar-refractivity contribution >= 4 is 23.2 Å². The van der Waals surface area contributed by atoms with Crippen LogP contribution in [0, 0.1) is 0 Å². The molecular weight excluding hydrogens is 294 g/mol. The average Bonchev–Trinajstić information content (AvgIpc) is 3.05. The van der Waals surface area contributed by atoms with Gasteiger partial charge < -0.3 is 9.73 Å². The molecule has 0 saturated heterocycles. The number of para-hydroxylation sites is 2. The molecule has 3 rings (SSSR count). The maximum atomic E-state index is 12.8. The fourth-order valence-corrected chi connectivity index (χ4v) is 2.63. The van der Waals surface area contributed by atoms with Crippen LogP contribution in [0.15, 0.2) is 47.1 Å². The number of anilines is 2. The minimum atomic E-state index is -0.376. The Morgan fingerprint density at radius 3 is 2.87 bits per heavy atom. The van der Waals surface area contributed by atoms with Gasteiger partial charge in [0.1, 0.15) is 12.3 Å². The van der Waals surface area contributed by atoms with Crippen LogP contribution in [0.1, 0.15) is 12.7 Å². The molecule has 0 unspecified atom stereocenters. The van der Waals surface area contributed by atoms with E-state index in [0.717, 1.165) is 11.4 Å². The standard InChI is InChI=1S/C17H19N3O3/c1-12(19(2)10-13-6-5-9-23-13)17(22)20-11-16(21)18-14-7-3-4-8-15(14)20/h3-9,12H,10-11H2,1-2H3,(H,18,21)/t12-/m1/s1. The second-order valence-corrected chi connectivity index (χ2v) is 5.66. The summed E-state index contributed by atoms with van der Waals surface area (Å²) in [6, 6.07) is 10.6. The predicted molar refractivity (Wildman–Crippen MR) is 87.1 cm³/mol. The Bertz CT molecular complexity index is 712. The van der Waals surface area contributed by atoms with Gasteiger partial charge >= 0.3 is 0 Å². The highest BCUT2D eigenvalue weighted by molar-refractivity contribution is 6.11. The van der Waals surface area contributed by atoms with Gasteiger partial charge in [-0.15, -0.1) is 0 Å². The number of nitrogens with zero attached hydrogens (tertiary/aromatic N) is 2. The van der Waals surface area contributed by atoms with E-state index < -0.39 is 0 Å². The van der Waals surface area contributed by atoms with Crippen molar-refractivity contribution in [3.63, 3.8) is 0 Å². The van der Waals surface area contributed by atoms with Gasteiger partial charge in [0, 0.05) is 0 Å². The van der Waals surface area contributed by atoms with Crippen molar-refractivity contribution in [1.29, 1.82) is 0 Å². The number of nitrogens with one attached hydrogen (secondary N) is 1. The summed E-state index contributed by atoms with van der Waals surface area (Å²) in [7, 11) is 1.86. The molecule has 0 saturated carbocycles. The Kier molecular flexibility index (Phi) is 4.16. The molecule has 1 N–H and O–H groups in total. The maximum Gasteiger partial charge on any atom is 0.244 e. The summed E-state index contributed by atoms with van der Waals surface area (Å²) in [5, 5.41) is 2.79. The Hall–Kier alpha value is -2.60. The quantitative estimate of drug-likeness (QED) is 0.938. The van der Waals surface area contributed by atoms with Crippen LogP contribution in [-0.4, -0.2) is 36.3 Å². The number of likely N-dealkylation sites (N-methyl/N-ethyl adjacent to an activating group) is 1. The van der Waals surface area contributed by atoms with Crippen LogP contribution >= 0.6 is 0 Å². The number of benzene rings is 1. The lowest BCUT2D eigenvalue weighted by Gasteiger charge is -2.33. The van der Waals surface area contributed by atoms with Gasteiger partial charge in [-0.25, -0.2) is 0 Å². The number of carbonyl (C=O) groups is 2. The zero-order valence-electron chi connectivity index (χ0n) is 13.2. The van der Waals surface area contributed by atoms with E-state index in [1.165, 1.54) is 4.90 Å². The second kappa shape index (κ2) is 6.26. The van der Waals surface area contributed by atoms with Gasteiger partial charge in [0.25, 0.3) is 0 Å². The van der Waals surface area contributed by atoms with Gasteiger partial charge in [0.05, 0.1) is 30.2 Å². The molecule has 23 heavy (non-hydrogen) atoms. The highest BCUT2D eigenvalue weighted by Crippen LogP contribution is 2.29. The van der Waals surface area contributed by atoms with Crippen LogP contribution in [0.3, 0.4) is 0 Å². The van der Waals surface area contributed by atoms with Gasteiger partial charge in [-0.2, -0.15) is 0 Å². The minimum Gasteiger partial charge on any atom is -0.468 e. The molecule has 0 fully saturated rings. The van der Waals surface area contributed by atoms with Crippen molar-refractivity contribution in [2.45, 2.75) is 19.5 Å². The third kappa shape index (κ3) is 3.12. The summed E-state index contributed by atoms with van der Waals surface area (Å²) in [6.07, 6.45) is 1.61. The van der Waals surface area contributed by atoms with Crippen LogP contribution in [0.2, 0.25) is 0 Å². The van der Waals surface area contributed by atoms with E-state index in [0.29, 0.717) is 12.2 Å². The van der Waals surface area contributed by atoms with E-state index in [1.54, 1.807) is 12.3 Å². The highest BCUT2D eigenvalue weighted by atomic mass is 16.3. The Morgan fingerprint density at radius 1 is 1.35 bits per heavy atom. The van der Waals surface area contributed by atoms with Crippen LogP contribution in [-0.2, 0) is 16.1 Å². The van der Waals surface area contributed by atoms with Crippen LogP contribution < -0.4 is 10.2 Å². The molecule has 120 valence electrons. The lowest BCUT2D eigenvalue weighted by molar-refractivity contribution is -0.125. The number of fused-ring (bicyclic) bond motifs is 1. The summed E-state index contributed by atoms with van der Waals surface area (Å²) >= 11 is 0. The lowest BCUT2D eigenvalue weighted by atomic mass is 10.1. The number of carbonyl (C=O) groups excluding carboxylic acids is 2. The molecule has 1 aromatic heterocycles. The van der Waals surface area contributed by atoms with Crippen molar-refractivity contribution < 1.29 is 14.0 Å². The first-order valence-electron chi connectivity index (χ1n) is 7.49. The predicted octanol–water partition coefficient (Wildman–Crippen LogP) is 2.09. The zero-order chi connectivity index (χ0) is 16.4. The number of hydrogen-bond acceptors (Lipinski definition) is 4. The van der Waals surface area contributed by atoms with Crippen molar-refractivity contribution in [1.82, 2.24) is 4.90 Å². The van der Waals surface area contributed by atoms with E-state index in [-0.39, 0.29) is 24.4 Å². The molecule has 1 aromatic carbocycles. The molecule has 6 nitrogen and oxygen atoms in total. The first kappa shape index (κ1) is 15.3. The molecule has 2 heterocycles. The van der Waals surface area contributed by atoms with Crippen LogP contribution in [0.25, 0.3) is 0 Å². The van der Waals surface area contributed by atoms with Gasteiger partial charge in [-0.05, 0) is 38.2 Å². The first-order valence-corrected chi connectivity index (χ1v) is 7.49. The molecule has 0 aliphatic carbocycles. The third-order valence-electron chi connectivity index (χ3n) is 4.04. The SMILES string of the molecule is C[C@H](C(=O)N1CC(=O)Nc2ccccc21)N(C)Cc1ccco1. The fourth-order valence-electron chi connectivity index (χ4n) is 2.63. The minimum absolute atomic E-state index is 0.0365. The number of amides is 2. The maximum absolute atomic E-state index is 12.8. The summed E-state index contributed by atoms with van der Waals surface area (Å²) in [5.74, 6) is 0.503. The topological polar surface area (TPSA) is 65.8 Å². The lowest BCUT2D eigenvalue weighted by Crippen LogP contribution is -2.50. The average molecular weight is 313 g/mol. The van der Waals surface area contributed by atoms with Crippen molar-refractivity contribution in [2.75, 3.05) is 23.8 Å². The smallest absolute Gasteiger partial charge is 0.244 e. The van der Waals surface area contributed by atoms with Crippen molar-refractivity contribution in [2.24, 2.45) is 0 Å². The monoisotopic (exact) mass is 313 g/mol. The number of rotatable bonds is 4. The molecule has 6 heteroatoms. The molecule has 2 amide bonds. The third-order valence-corrected chi connectivity index (χ3v) is 4.04. The summed E-state index contributed by atoms with van der Waals surface area (Å²) in [4.78, 5) is 28.1. The molecule has 1 aliphatic rings. The molecular formula is C17H19N3O3. The summed E-state index contributed by atoms with van der Waals surface area (Å²) in [5.41, 5.74) is 1.40. The first-order chi connectivity index (χ1) is 11.1. The fraction of sp³-hybridized carbons (Fsp3) is 0.294. The molecule has 1 aliphatic heterocycles. The van der Waals surface area contributed by atoms with Gasteiger partial charge in [-0.3, -0.25) is 19.4 Å². The summed E-state index contributed by atoms with van der Waals surface area (Å²) in [6.45, 7) is 2.40. The van der Waals surface area contributed by atoms with E-state index in [9.17, 15) is 9.59 Å². The Morgan fingerprint density at radius 2 is 2.13 bits per heavy atom. The van der Waals surface area contributed by atoms with Crippen LogP contribution in [0.4, 0.5) is 11.4 Å². The summed E-state index contributed by atoms with van der Waals surface area (Å²) < 4.78 is 5.32. The molecule has 1 atom stereocenters. The normalized spacial score (nSPS) is 15.3. The van der Waals surface area contributed by atoms with Gasteiger partial charge in [0.15, 0.2) is 0 Å². The Balaban J connectivity index is 1.78. The molecule has 0 bridgehead atoms. The van der Waals surface area contributed by atoms with E-state index >= 15 is 0 Å². The van der Waals surface area contributed by atoms with Gasteiger partial charge in [-0.1, -0.05) is 12.1 Å². The largest absolute Gasteiger partial charge is 0.468 e. The molecule has 0 spiro atoms. The van der Waals surface area contributed by atoms with Crippen molar-refractivity contribution in [3.05, 3.63) is 48.4 Å². The van der Waals surface area contributed by atoms with Crippen molar-refractivity contribution in [3.8, 4) is 0 Å². The molecule has 2 aromatic rings. The van der Waals surface area contributed by atoms with Gasteiger partial charge in [0.2, 0.25) is 11.8 Å². The van der Waals surface area contributed by atoms with Crippen LogP contribution in [0.5, 0.6) is 0 Å². The number of hydrogen-bond donors (Lipinski definition) is 1. The second-order valence-electron chi connectivity index (χ2n) is 5.66. The zero-order valence-corrected chi connectivity index (χ0v) is 13.2.